The van der Waals surface area contributed by atoms with Crippen molar-refractivity contribution in [3.8, 4) is 0 Å². The molecule has 0 aliphatic carbocycles. The zero-order valence-electron chi connectivity index (χ0n) is 10.7. The Hall–Kier alpha value is -2.33. The SMILES string of the molecule is Cc1cc(CNS(=O)(=O)c2ccc([N+](=O)[O-])c(F)c2)no1. The van der Waals surface area contributed by atoms with Crippen LogP contribution in [0.2, 0.25) is 0 Å². The summed E-state index contributed by atoms with van der Waals surface area (Å²) < 4.78 is 44.3. The van der Waals surface area contributed by atoms with E-state index in [0.717, 1.165) is 12.1 Å². The van der Waals surface area contributed by atoms with Crippen LogP contribution in [0.1, 0.15) is 11.5 Å². The van der Waals surface area contributed by atoms with Crippen LogP contribution in [0.3, 0.4) is 0 Å². The monoisotopic (exact) mass is 315 g/mol. The molecule has 2 rings (SSSR count). The molecule has 10 heteroatoms. The van der Waals surface area contributed by atoms with Gasteiger partial charge >= 0.3 is 5.69 Å². The Labute approximate surface area is 118 Å². The van der Waals surface area contributed by atoms with Gasteiger partial charge in [0, 0.05) is 18.2 Å². The molecule has 112 valence electrons. The van der Waals surface area contributed by atoms with Gasteiger partial charge in [0.05, 0.1) is 22.1 Å². The van der Waals surface area contributed by atoms with Crippen LogP contribution in [0.25, 0.3) is 0 Å². The second kappa shape index (κ2) is 5.58. The first-order valence-corrected chi connectivity index (χ1v) is 7.14. The van der Waals surface area contributed by atoms with Crippen LogP contribution in [0.15, 0.2) is 33.7 Å². The number of aryl methyl sites for hydroxylation is 1. The average Bonchev–Trinajstić information content (AvgIpc) is 2.82. The summed E-state index contributed by atoms with van der Waals surface area (Å²) in [6, 6.07) is 3.88. The Kier molecular flexibility index (Phi) is 4.00. The molecule has 1 heterocycles. The smallest absolute Gasteiger partial charge is 0.304 e. The summed E-state index contributed by atoms with van der Waals surface area (Å²) in [7, 11) is -4.01. The van der Waals surface area contributed by atoms with E-state index in [9.17, 15) is 22.9 Å². The number of nitro benzene ring substituents is 1. The summed E-state index contributed by atoms with van der Waals surface area (Å²) in [5, 5.41) is 14.1. The van der Waals surface area contributed by atoms with E-state index in [2.05, 4.69) is 9.88 Å². The van der Waals surface area contributed by atoms with Crippen LogP contribution < -0.4 is 4.72 Å². The number of sulfonamides is 1. The Morgan fingerprint density at radius 3 is 2.67 bits per heavy atom. The van der Waals surface area contributed by atoms with Crippen molar-refractivity contribution in [2.75, 3.05) is 0 Å². The highest BCUT2D eigenvalue weighted by Gasteiger charge is 2.20. The third-order valence-corrected chi connectivity index (χ3v) is 3.95. The van der Waals surface area contributed by atoms with E-state index in [0.29, 0.717) is 17.5 Å². The number of halogens is 1. The van der Waals surface area contributed by atoms with Crippen molar-refractivity contribution >= 4 is 15.7 Å². The van der Waals surface area contributed by atoms with Crippen LogP contribution in [0, 0.1) is 22.9 Å². The summed E-state index contributed by atoms with van der Waals surface area (Å²) in [5.74, 6) is -0.703. The summed E-state index contributed by atoms with van der Waals surface area (Å²) >= 11 is 0. The molecule has 0 radical (unpaired) electrons. The van der Waals surface area contributed by atoms with E-state index in [1.165, 1.54) is 0 Å². The van der Waals surface area contributed by atoms with Crippen LogP contribution in [-0.4, -0.2) is 18.5 Å². The number of nitrogens with one attached hydrogen (secondary N) is 1. The molecule has 21 heavy (non-hydrogen) atoms. The highest BCUT2D eigenvalue weighted by Crippen LogP contribution is 2.20. The van der Waals surface area contributed by atoms with Gasteiger partial charge in [0.1, 0.15) is 5.76 Å². The predicted octanol–water partition coefficient (Wildman–Crippen LogP) is 1.51. The van der Waals surface area contributed by atoms with Crippen molar-refractivity contribution in [1.29, 1.82) is 0 Å². The lowest BCUT2D eigenvalue weighted by Crippen LogP contribution is -2.23. The minimum atomic E-state index is -4.01. The molecule has 0 atom stereocenters. The molecule has 0 saturated heterocycles. The lowest BCUT2D eigenvalue weighted by molar-refractivity contribution is -0.387. The van der Waals surface area contributed by atoms with Crippen LogP contribution in [0.4, 0.5) is 10.1 Å². The maximum Gasteiger partial charge on any atom is 0.304 e. The quantitative estimate of drug-likeness (QED) is 0.660. The number of hydrogen-bond acceptors (Lipinski definition) is 6. The van der Waals surface area contributed by atoms with Crippen molar-refractivity contribution in [3.05, 3.63) is 51.7 Å². The zero-order valence-corrected chi connectivity index (χ0v) is 11.6. The number of rotatable bonds is 5. The van der Waals surface area contributed by atoms with E-state index >= 15 is 0 Å². The Morgan fingerprint density at radius 1 is 1.43 bits per heavy atom. The molecule has 0 amide bonds. The van der Waals surface area contributed by atoms with Crippen molar-refractivity contribution in [1.82, 2.24) is 9.88 Å². The number of nitrogens with zero attached hydrogens (tertiary/aromatic N) is 2. The lowest BCUT2D eigenvalue weighted by Gasteiger charge is -2.05. The Morgan fingerprint density at radius 2 is 2.14 bits per heavy atom. The first kappa shape index (κ1) is 15.1. The van der Waals surface area contributed by atoms with Crippen molar-refractivity contribution in [2.24, 2.45) is 0 Å². The normalized spacial score (nSPS) is 11.5. The van der Waals surface area contributed by atoms with Gasteiger partial charge in [-0.25, -0.2) is 13.1 Å². The van der Waals surface area contributed by atoms with Crippen molar-refractivity contribution in [2.45, 2.75) is 18.4 Å². The van der Waals surface area contributed by atoms with Gasteiger partial charge in [-0.05, 0) is 13.0 Å². The fourth-order valence-corrected chi connectivity index (χ4v) is 2.57. The van der Waals surface area contributed by atoms with E-state index in [-0.39, 0.29) is 6.54 Å². The molecule has 1 aromatic carbocycles. The van der Waals surface area contributed by atoms with E-state index in [1.54, 1.807) is 13.0 Å². The van der Waals surface area contributed by atoms with Gasteiger partial charge in [-0.3, -0.25) is 10.1 Å². The summed E-state index contributed by atoms with van der Waals surface area (Å²) in [6.45, 7) is 1.51. The first-order chi connectivity index (χ1) is 9.79. The molecule has 0 bridgehead atoms. The second-order valence-corrected chi connectivity index (χ2v) is 5.89. The Balaban J connectivity index is 2.19. The fourth-order valence-electron chi connectivity index (χ4n) is 1.56. The van der Waals surface area contributed by atoms with Gasteiger partial charge in [0.15, 0.2) is 0 Å². The standard InChI is InChI=1S/C11H10FN3O5S/c1-7-4-8(14-20-7)6-13-21(18,19)9-2-3-11(15(16)17)10(12)5-9/h2-5,13H,6H2,1H3. The maximum absolute atomic E-state index is 13.4. The number of hydrogen-bond donors (Lipinski definition) is 1. The minimum absolute atomic E-state index is 0.141. The third kappa shape index (κ3) is 3.41. The number of nitro groups is 1. The van der Waals surface area contributed by atoms with Gasteiger partial charge in [-0.15, -0.1) is 0 Å². The molecule has 0 aliphatic rings. The molecule has 0 spiro atoms. The molecule has 1 aromatic heterocycles. The summed E-state index contributed by atoms with van der Waals surface area (Å²) in [5.41, 5.74) is -0.431. The molecule has 0 saturated carbocycles. The van der Waals surface area contributed by atoms with Crippen LogP contribution >= 0.6 is 0 Å². The van der Waals surface area contributed by atoms with E-state index in [4.69, 9.17) is 4.52 Å². The molecule has 1 N–H and O–H groups in total. The summed E-state index contributed by atoms with van der Waals surface area (Å²) in [6.07, 6.45) is 0. The molecular weight excluding hydrogens is 305 g/mol. The lowest BCUT2D eigenvalue weighted by atomic mass is 10.3. The molecule has 2 aromatic rings. The third-order valence-electron chi connectivity index (χ3n) is 2.55. The fraction of sp³-hybridized carbons (Fsp3) is 0.182. The highest BCUT2D eigenvalue weighted by molar-refractivity contribution is 7.89. The van der Waals surface area contributed by atoms with E-state index < -0.39 is 31.3 Å². The molecule has 0 fully saturated rings. The zero-order chi connectivity index (χ0) is 15.6. The summed E-state index contributed by atoms with van der Waals surface area (Å²) in [4.78, 5) is 9.13. The first-order valence-electron chi connectivity index (χ1n) is 5.65. The van der Waals surface area contributed by atoms with Crippen LogP contribution in [-0.2, 0) is 16.6 Å². The molecule has 0 unspecified atom stereocenters. The minimum Gasteiger partial charge on any atom is -0.361 e. The molecular formula is C11H10FN3O5S. The topological polar surface area (TPSA) is 115 Å². The van der Waals surface area contributed by atoms with Crippen molar-refractivity contribution in [3.63, 3.8) is 0 Å². The molecule has 8 nitrogen and oxygen atoms in total. The highest BCUT2D eigenvalue weighted by atomic mass is 32.2. The van der Waals surface area contributed by atoms with Gasteiger partial charge in [0.2, 0.25) is 15.8 Å². The van der Waals surface area contributed by atoms with Crippen LogP contribution in [0.5, 0.6) is 0 Å². The largest absolute Gasteiger partial charge is 0.361 e. The van der Waals surface area contributed by atoms with Gasteiger partial charge < -0.3 is 4.52 Å². The maximum atomic E-state index is 13.4. The number of aromatic nitrogens is 1. The second-order valence-electron chi connectivity index (χ2n) is 4.12. The van der Waals surface area contributed by atoms with Gasteiger partial charge in [-0.2, -0.15) is 4.39 Å². The average molecular weight is 315 g/mol. The van der Waals surface area contributed by atoms with Gasteiger partial charge in [-0.1, -0.05) is 5.16 Å². The number of benzene rings is 1. The molecule has 0 aliphatic heterocycles. The van der Waals surface area contributed by atoms with E-state index in [1.807, 2.05) is 0 Å². The predicted molar refractivity (Wildman–Crippen MR) is 68.3 cm³/mol. The van der Waals surface area contributed by atoms with Gasteiger partial charge in [0.25, 0.3) is 0 Å². The Bertz CT molecular complexity index is 787. The van der Waals surface area contributed by atoms with Crippen molar-refractivity contribution < 1.29 is 22.3 Å².